The Morgan fingerprint density at radius 2 is 2.08 bits per heavy atom. The number of hydrogen-bond acceptors (Lipinski definition) is 2. The molecule has 1 atom stereocenters. The quantitative estimate of drug-likeness (QED) is 0.624. The largest absolute Gasteiger partial charge is 0.383 e. The van der Waals surface area contributed by atoms with Crippen LogP contribution in [-0.4, -0.2) is 32.2 Å². The van der Waals surface area contributed by atoms with E-state index in [-0.39, 0.29) is 0 Å². The highest BCUT2D eigenvalue weighted by Crippen LogP contribution is 1.97. The van der Waals surface area contributed by atoms with Crippen LogP contribution in [0.25, 0.3) is 0 Å². The van der Waals surface area contributed by atoms with E-state index in [0.29, 0.717) is 17.8 Å². The molecular weight excluding hydrogens is 174 g/mol. The van der Waals surface area contributed by atoms with Crippen LogP contribution in [0.3, 0.4) is 0 Å². The molecular formula is C9H20ClNO. The van der Waals surface area contributed by atoms with Crippen LogP contribution in [0.1, 0.15) is 20.3 Å². The van der Waals surface area contributed by atoms with Crippen LogP contribution in [0.4, 0.5) is 0 Å². The average Bonchev–Trinajstić information content (AvgIpc) is 2.01. The number of alkyl halides is 1. The molecule has 0 amide bonds. The molecule has 0 fully saturated rings. The van der Waals surface area contributed by atoms with Gasteiger partial charge in [0.1, 0.15) is 0 Å². The van der Waals surface area contributed by atoms with Gasteiger partial charge in [-0.1, -0.05) is 13.8 Å². The smallest absolute Gasteiger partial charge is 0.0616 e. The van der Waals surface area contributed by atoms with Gasteiger partial charge in [-0.3, -0.25) is 0 Å². The lowest BCUT2D eigenvalue weighted by Gasteiger charge is -2.17. The van der Waals surface area contributed by atoms with E-state index >= 15 is 0 Å². The first-order valence-corrected chi connectivity index (χ1v) is 5.02. The third-order valence-corrected chi connectivity index (χ3v) is 1.86. The minimum Gasteiger partial charge on any atom is -0.383 e. The zero-order chi connectivity index (χ0) is 9.40. The minimum absolute atomic E-state index is 0.412. The molecule has 12 heavy (non-hydrogen) atoms. The zero-order valence-corrected chi connectivity index (χ0v) is 9.03. The molecule has 0 aliphatic carbocycles. The Morgan fingerprint density at radius 3 is 2.50 bits per heavy atom. The number of hydrogen-bond donors (Lipinski definition) is 1. The lowest BCUT2D eigenvalue weighted by atomic mass is 10.2. The molecule has 0 aliphatic rings. The van der Waals surface area contributed by atoms with E-state index in [4.69, 9.17) is 16.3 Å². The van der Waals surface area contributed by atoms with Gasteiger partial charge in [0.2, 0.25) is 0 Å². The summed E-state index contributed by atoms with van der Waals surface area (Å²) in [6.07, 6.45) is 0.974. The Bertz CT molecular complexity index is 92.5. The summed E-state index contributed by atoms with van der Waals surface area (Å²) in [5.41, 5.74) is 0. The van der Waals surface area contributed by atoms with Crippen LogP contribution in [-0.2, 0) is 4.74 Å². The predicted molar refractivity (Wildman–Crippen MR) is 53.8 cm³/mol. The van der Waals surface area contributed by atoms with E-state index in [1.807, 2.05) is 0 Å². The van der Waals surface area contributed by atoms with E-state index in [1.54, 1.807) is 7.11 Å². The number of methoxy groups -OCH3 is 1. The average molecular weight is 194 g/mol. The van der Waals surface area contributed by atoms with Crippen LogP contribution in [0.2, 0.25) is 0 Å². The molecule has 0 bridgehead atoms. The lowest BCUT2D eigenvalue weighted by molar-refractivity contribution is 0.163. The van der Waals surface area contributed by atoms with Crippen LogP contribution in [0.15, 0.2) is 0 Å². The van der Waals surface area contributed by atoms with Crippen molar-refractivity contribution in [2.75, 3.05) is 26.1 Å². The molecule has 0 saturated heterocycles. The van der Waals surface area contributed by atoms with Crippen LogP contribution < -0.4 is 5.32 Å². The third kappa shape index (κ3) is 6.89. The van der Waals surface area contributed by atoms with Gasteiger partial charge in [0.05, 0.1) is 6.61 Å². The minimum atomic E-state index is 0.412. The summed E-state index contributed by atoms with van der Waals surface area (Å²) in [6, 6.07) is 0.412. The number of rotatable bonds is 7. The van der Waals surface area contributed by atoms with E-state index < -0.39 is 0 Å². The van der Waals surface area contributed by atoms with Gasteiger partial charge in [-0.05, 0) is 18.9 Å². The standard InChI is InChI=1S/C9H20ClNO/c1-8(2)6-11-9(4-5-10)7-12-3/h8-9,11H,4-7H2,1-3H3. The molecule has 0 aliphatic heterocycles. The maximum absolute atomic E-state index is 5.65. The predicted octanol–water partition coefficient (Wildman–Crippen LogP) is 1.88. The van der Waals surface area contributed by atoms with E-state index in [0.717, 1.165) is 19.6 Å². The van der Waals surface area contributed by atoms with Gasteiger partial charge in [0.25, 0.3) is 0 Å². The van der Waals surface area contributed by atoms with E-state index in [2.05, 4.69) is 19.2 Å². The maximum Gasteiger partial charge on any atom is 0.0616 e. The second-order valence-electron chi connectivity index (χ2n) is 3.43. The van der Waals surface area contributed by atoms with Gasteiger partial charge in [-0.25, -0.2) is 0 Å². The first-order chi connectivity index (χ1) is 5.70. The molecule has 0 saturated carbocycles. The molecule has 0 heterocycles. The molecule has 1 N–H and O–H groups in total. The molecule has 0 aromatic heterocycles. The van der Waals surface area contributed by atoms with Gasteiger partial charge >= 0.3 is 0 Å². The summed E-state index contributed by atoms with van der Waals surface area (Å²) < 4.78 is 5.07. The number of halogens is 1. The van der Waals surface area contributed by atoms with Crippen molar-refractivity contribution in [3.8, 4) is 0 Å². The van der Waals surface area contributed by atoms with Gasteiger partial charge in [-0.2, -0.15) is 0 Å². The fourth-order valence-electron chi connectivity index (χ4n) is 0.980. The van der Waals surface area contributed by atoms with Crippen molar-refractivity contribution in [2.24, 2.45) is 5.92 Å². The number of ether oxygens (including phenoxy) is 1. The first kappa shape index (κ1) is 12.2. The van der Waals surface area contributed by atoms with Crippen LogP contribution >= 0.6 is 11.6 Å². The SMILES string of the molecule is COCC(CCCl)NCC(C)C. The molecule has 74 valence electrons. The van der Waals surface area contributed by atoms with Crippen molar-refractivity contribution in [3.05, 3.63) is 0 Å². The summed E-state index contributed by atoms with van der Waals surface area (Å²) in [4.78, 5) is 0. The Hall–Kier alpha value is 0.210. The molecule has 0 aromatic rings. The first-order valence-electron chi connectivity index (χ1n) is 4.49. The second-order valence-corrected chi connectivity index (χ2v) is 3.81. The molecule has 0 rings (SSSR count). The van der Waals surface area contributed by atoms with Crippen LogP contribution in [0.5, 0.6) is 0 Å². The molecule has 0 aromatic carbocycles. The fourth-order valence-corrected chi connectivity index (χ4v) is 1.24. The second kappa shape index (κ2) is 7.84. The summed E-state index contributed by atoms with van der Waals surface area (Å²) in [5, 5.41) is 3.41. The van der Waals surface area contributed by atoms with Gasteiger partial charge in [-0.15, -0.1) is 11.6 Å². The Morgan fingerprint density at radius 1 is 1.42 bits per heavy atom. The Balaban J connectivity index is 3.48. The number of nitrogens with one attached hydrogen (secondary N) is 1. The van der Waals surface area contributed by atoms with Gasteiger partial charge < -0.3 is 10.1 Å². The van der Waals surface area contributed by atoms with E-state index in [9.17, 15) is 0 Å². The molecule has 3 heteroatoms. The van der Waals surface area contributed by atoms with Gasteiger partial charge in [0, 0.05) is 19.0 Å². The van der Waals surface area contributed by atoms with Crippen molar-refractivity contribution in [2.45, 2.75) is 26.3 Å². The van der Waals surface area contributed by atoms with Gasteiger partial charge in [0.15, 0.2) is 0 Å². The molecule has 0 spiro atoms. The van der Waals surface area contributed by atoms with Crippen LogP contribution in [0, 0.1) is 5.92 Å². The molecule has 0 radical (unpaired) electrons. The zero-order valence-electron chi connectivity index (χ0n) is 8.27. The normalized spacial score (nSPS) is 13.8. The monoisotopic (exact) mass is 193 g/mol. The van der Waals surface area contributed by atoms with Crippen molar-refractivity contribution in [3.63, 3.8) is 0 Å². The third-order valence-electron chi connectivity index (χ3n) is 1.64. The summed E-state index contributed by atoms with van der Waals surface area (Å²) in [7, 11) is 1.72. The Kier molecular flexibility index (Phi) is 7.98. The summed E-state index contributed by atoms with van der Waals surface area (Å²) in [5.74, 6) is 1.37. The summed E-state index contributed by atoms with van der Waals surface area (Å²) in [6.45, 7) is 6.17. The van der Waals surface area contributed by atoms with E-state index in [1.165, 1.54) is 0 Å². The lowest BCUT2D eigenvalue weighted by Crippen LogP contribution is -2.36. The maximum atomic E-state index is 5.65. The highest BCUT2D eigenvalue weighted by molar-refractivity contribution is 6.17. The van der Waals surface area contributed by atoms with Crippen molar-refractivity contribution in [1.29, 1.82) is 0 Å². The molecule has 1 unspecified atom stereocenters. The highest BCUT2D eigenvalue weighted by atomic mass is 35.5. The fraction of sp³-hybridized carbons (Fsp3) is 1.00. The highest BCUT2D eigenvalue weighted by Gasteiger charge is 2.06. The topological polar surface area (TPSA) is 21.3 Å². The molecule has 2 nitrogen and oxygen atoms in total. The van der Waals surface area contributed by atoms with Crippen molar-refractivity contribution >= 4 is 11.6 Å². The van der Waals surface area contributed by atoms with Crippen molar-refractivity contribution in [1.82, 2.24) is 5.32 Å². The summed E-state index contributed by atoms with van der Waals surface area (Å²) >= 11 is 5.65. The van der Waals surface area contributed by atoms with Crippen molar-refractivity contribution < 1.29 is 4.74 Å². The Labute approximate surface area is 80.6 Å².